The van der Waals surface area contributed by atoms with E-state index < -0.39 is 0 Å². The van der Waals surface area contributed by atoms with Gasteiger partial charge in [0.2, 0.25) is 5.91 Å². The molecule has 2 amide bonds. The van der Waals surface area contributed by atoms with Crippen LogP contribution in [0.2, 0.25) is 0 Å². The molecule has 1 N–H and O–H groups in total. The third kappa shape index (κ3) is 4.14. The standard InChI is InChI=1S/C20H27N3O3/c1-14(2)11-22-8-9-26-16(12-22)10-21-19(24)13-23-15(3)17-6-4-5-7-18(17)20(23)25/h4-7,14,16H,3,8-13H2,1-2H3,(H,21,24). The van der Waals surface area contributed by atoms with Crippen LogP contribution in [0.1, 0.15) is 29.8 Å². The molecule has 0 aromatic heterocycles. The van der Waals surface area contributed by atoms with Crippen LogP contribution in [0.25, 0.3) is 5.70 Å². The van der Waals surface area contributed by atoms with Gasteiger partial charge in [0.1, 0.15) is 6.54 Å². The van der Waals surface area contributed by atoms with Gasteiger partial charge in [0.05, 0.1) is 12.7 Å². The van der Waals surface area contributed by atoms with Crippen LogP contribution in [0.5, 0.6) is 0 Å². The number of nitrogens with zero attached hydrogens (tertiary/aromatic N) is 2. The van der Waals surface area contributed by atoms with Crippen molar-refractivity contribution in [1.82, 2.24) is 15.1 Å². The number of carbonyl (C=O) groups excluding carboxylic acids is 2. The Bertz CT molecular complexity index is 666. The number of benzene rings is 1. The van der Waals surface area contributed by atoms with Gasteiger partial charge in [-0.2, -0.15) is 0 Å². The Labute approximate surface area is 154 Å². The Hall–Kier alpha value is -2.18. The van der Waals surface area contributed by atoms with Crippen molar-refractivity contribution in [1.29, 1.82) is 0 Å². The monoisotopic (exact) mass is 357 g/mol. The maximum Gasteiger partial charge on any atom is 0.259 e. The molecule has 2 aliphatic rings. The summed E-state index contributed by atoms with van der Waals surface area (Å²) in [5.74, 6) is 0.242. The zero-order valence-electron chi connectivity index (χ0n) is 15.5. The average molecular weight is 357 g/mol. The van der Waals surface area contributed by atoms with Gasteiger partial charge < -0.3 is 10.1 Å². The lowest BCUT2D eigenvalue weighted by Crippen LogP contribution is -2.49. The van der Waals surface area contributed by atoms with Gasteiger partial charge in [-0.15, -0.1) is 0 Å². The van der Waals surface area contributed by atoms with E-state index in [0.29, 0.717) is 30.3 Å². The van der Waals surface area contributed by atoms with Crippen LogP contribution in [0, 0.1) is 5.92 Å². The van der Waals surface area contributed by atoms with Crippen molar-refractivity contribution < 1.29 is 14.3 Å². The molecule has 0 aliphatic carbocycles. The van der Waals surface area contributed by atoms with E-state index in [1.807, 2.05) is 18.2 Å². The van der Waals surface area contributed by atoms with Crippen molar-refractivity contribution in [2.24, 2.45) is 5.92 Å². The van der Waals surface area contributed by atoms with Crippen molar-refractivity contribution in [3.63, 3.8) is 0 Å². The Balaban J connectivity index is 1.49. The summed E-state index contributed by atoms with van der Waals surface area (Å²) in [7, 11) is 0. The molecule has 6 nitrogen and oxygen atoms in total. The Morgan fingerprint density at radius 2 is 2.08 bits per heavy atom. The van der Waals surface area contributed by atoms with E-state index in [4.69, 9.17) is 4.74 Å². The summed E-state index contributed by atoms with van der Waals surface area (Å²) in [6.07, 6.45) is -0.0128. The minimum Gasteiger partial charge on any atom is -0.374 e. The van der Waals surface area contributed by atoms with Crippen LogP contribution in [0.15, 0.2) is 30.8 Å². The number of amides is 2. The van der Waals surface area contributed by atoms with E-state index in [1.54, 1.807) is 6.07 Å². The van der Waals surface area contributed by atoms with E-state index >= 15 is 0 Å². The molecule has 0 radical (unpaired) electrons. The molecular weight excluding hydrogens is 330 g/mol. The van der Waals surface area contributed by atoms with Crippen LogP contribution in [0.3, 0.4) is 0 Å². The van der Waals surface area contributed by atoms with Crippen molar-refractivity contribution in [2.75, 3.05) is 39.3 Å². The van der Waals surface area contributed by atoms with Crippen LogP contribution in [-0.2, 0) is 9.53 Å². The molecule has 1 aromatic carbocycles. The fourth-order valence-corrected chi connectivity index (χ4v) is 3.52. The molecule has 0 spiro atoms. The molecule has 0 saturated carbocycles. The van der Waals surface area contributed by atoms with Gasteiger partial charge in [0, 0.05) is 43.0 Å². The molecule has 1 atom stereocenters. The smallest absolute Gasteiger partial charge is 0.259 e. The highest BCUT2D eigenvalue weighted by atomic mass is 16.5. The van der Waals surface area contributed by atoms with Crippen molar-refractivity contribution in [3.05, 3.63) is 42.0 Å². The summed E-state index contributed by atoms with van der Waals surface area (Å²) >= 11 is 0. The Morgan fingerprint density at radius 1 is 1.35 bits per heavy atom. The highest BCUT2D eigenvalue weighted by Crippen LogP contribution is 2.30. The highest BCUT2D eigenvalue weighted by Gasteiger charge is 2.32. The average Bonchev–Trinajstić information content (AvgIpc) is 2.85. The van der Waals surface area contributed by atoms with Crippen molar-refractivity contribution >= 4 is 17.5 Å². The minimum atomic E-state index is -0.197. The summed E-state index contributed by atoms with van der Waals surface area (Å²) in [5, 5.41) is 2.90. The fourth-order valence-electron chi connectivity index (χ4n) is 3.52. The van der Waals surface area contributed by atoms with Crippen LogP contribution in [0.4, 0.5) is 0 Å². The van der Waals surface area contributed by atoms with Crippen LogP contribution >= 0.6 is 0 Å². The van der Waals surface area contributed by atoms with E-state index in [0.717, 1.165) is 25.2 Å². The second-order valence-corrected chi connectivity index (χ2v) is 7.33. The van der Waals surface area contributed by atoms with Gasteiger partial charge in [-0.25, -0.2) is 0 Å². The number of ether oxygens (including phenoxy) is 1. The van der Waals surface area contributed by atoms with Crippen LogP contribution in [-0.4, -0.2) is 67.0 Å². The van der Waals surface area contributed by atoms with E-state index in [1.165, 1.54) is 4.90 Å². The molecular formula is C20H27N3O3. The molecule has 140 valence electrons. The molecule has 0 bridgehead atoms. The lowest BCUT2D eigenvalue weighted by Gasteiger charge is -2.34. The first kappa shape index (κ1) is 18.6. The summed E-state index contributed by atoms with van der Waals surface area (Å²) in [6, 6.07) is 7.30. The number of hydrogen-bond acceptors (Lipinski definition) is 4. The van der Waals surface area contributed by atoms with Gasteiger partial charge in [-0.05, 0) is 12.0 Å². The highest BCUT2D eigenvalue weighted by molar-refractivity contribution is 6.10. The summed E-state index contributed by atoms with van der Waals surface area (Å²) < 4.78 is 5.75. The third-order valence-electron chi connectivity index (χ3n) is 4.71. The molecule has 3 rings (SSSR count). The van der Waals surface area contributed by atoms with Crippen molar-refractivity contribution in [2.45, 2.75) is 20.0 Å². The molecule has 1 unspecified atom stereocenters. The summed E-state index contributed by atoms with van der Waals surface area (Å²) in [5.41, 5.74) is 1.98. The van der Waals surface area contributed by atoms with Gasteiger partial charge in [0.15, 0.2) is 0 Å². The Morgan fingerprint density at radius 3 is 2.77 bits per heavy atom. The summed E-state index contributed by atoms with van der Waals surface area (Å²) in [4.78, 5) is 28.6. The van der Waals surface area contributed by atoms with E-state index in [2.05, 4.69) is 30.6 Å². The molecule has 2 heterocycles. The number of morpholine rings is 1. The molecule has 2 aliphatic heterocycles. The quantitative estimate of drug-likeness (QED) is 0.840. The first-order valence-electron chi connectivity index (χ1n) is 9.16. The first-order chi connectivity index (χ1) is 12.5. The summed E-state index contributed by atoms with van der Waals surface area (Å²) in [6.45, 7) is 12.3. The predicted octanol–water partition coefficient (Wildman–Crippen LogP) is 1.59. The minimum absolute atomic E-state index is 0.0128. The zero-order valence-corrected chi connectivity index (χ0v) is 15.5. The first-order valence-corrected chi connectivity index (χ1v) is 9.16. The van der Waals surface area contributed by atoms with E-state index in [-0.39, 0.29) is 24.5 Å². The fraction of sp³-hybridized carbons (Fsp3) is 0.500. The lowest BCUT2D eigenvalue weighted by molar-refractivity contribution is -0.122. The molecule has 6 heteroatoms. The maximum atomic E-state index is 12.4. The number of carbonyl (C=O) groups is 2. The number of hydrogen-bond donors (Lipinski definition) is 1. The molecule has 1 aromatic rings. The topological polar surface area (TPSA) is 61.9 Å². The zero-order chi connectivity index (χ0) is 18.7. The third-order valence-corrected chi connectivity index (χ3v) is 4.71. The Kier molecular flexibility index (Phi) is 5.74. The van der Waals surface area contributed by atoms with E-state index in [9.17, 15) is 9.59 Å². The molecule has 1 saturated heterocycles. The van der Waals surface area contributed by atoms with Gasteiger partial charge in [-0.3, -0.25) is 19.4 Å². The van der Waals surface area contributed by atoms with Crippen molar-refractivity contribution in [3.8, 4) is 0 Å². The van der Waals surface area contributed by atoms with Gasteiger partial charge in [0.25, 0.3) is 5.91 Å². The predicted molar refractivity (Wildman–Crippen MR) is 101 cm³/mol. The SMILES string of the molecule is C=C1c2ccccc2C(=O)N1CC(=O)NCC1CN(CC(C)C)CCO1. The lowest BCUT2D eigenvalue weighted by atomic mass is 10.1. The largest absolute Gasteiger partial charge is 0.374 e. The second kappa shape index (κ2) is 8.01. The van der Waals surface area contributed by atoms with Gasteiger partial charge >= 0.3 is 0 Å². The maximum absolute atomic E-state index is 12.4. The normalized spacial score (nSPS) is 20.6. The van der Waals surface area contributed by atoms with Gasteiger partial charge in [-0.1, -0.05) is 38.6 Å². The molecule has 1 fully saturated rings. The number of nitrogens with one attached hydrogen (secondary N) is 1. The number of rotatable bonds is 6. The van der Waals surface area contributed by atoms with Crippen LogP contribution < -0.4 is 5.32 Å². The second-order valence-electron chi connectivity index (χ2n) is 7.33. The number of fused-ring (bicyclic) bond motifs is 1. The molecule has 26 heavy (non-hydrogen) atoms.